The summed E-state index contributed by atoms with van der Waals surface area (Å²) in [5, 5.41) is 0. The number of rotatable bonds is 3. The van der Waals surface area contributed by atoms with Gasteiger partial charge in [0.15, 0.2) is 11.4 Å². The maximum atomic E-state index is 11.0. The van der Waals surface area contributed by atoms with Crippen LogP contribution in [0.2, 0.25) is 0 Å². The Morgan fingerprint density at radius 2 is 1.94 bits per heavy atom. The Kier molecular flexibility index (Phi) is 3.18. The molecule has 1 aromatic rings. The molecule has 0 aromatic heterocycles. The Morgan fingerprint density at radius 3 is 2.53 bits per heavy atom. The molecule has 1 aliphatic rings. The van der Waals surface area contributed by atoms with Crippen molar-refractivity contribution in [3.05, 3.63) is 47.7 Å². The summed E-state index contributed by atoms with van der Waals surface area (Å²) < 4.78 is 10.0. The number of allylic oxidation sites excluding steroid dienone is 1. The highest BCUT2D eigenvalue weighted by Gasteiger charge is 2.38. The number of carbonyl (C=O) groups is 1. The van der Waals surface area contributed by atoms with E-state index in [0.29, 0.717) is 5.76 Å². The first kappa shape index (κ1) is 11.7. The van der Waals surface area contributed by atoms with Gasteiger partial charge in [0.2, 0.25) is 0 Å². The third kappa shape index (κ3) is 2.87. The molecule has 2 rings (SSSR count). The van der Waals surface area contributed by atoms with E-state index in [4.69, 9.17) is 9.47 Å². The number of hydrogen-bond donors (Lipinski definition) is 0. The van der Waals surface area contributed by atoms with Crippen molar-refractivity contribution in [2.45, 2.75) is 32.3 Å². The Morgan fingerprint density at radius 1 is 1.24 bits per heavy atom. The van der Waals surface area contributed by atoms with Gasteiger partial charge < -0.3 is 9.47 Å². The SMILES string of the molecule is CC1(C)OC(=O)O/C1=C/CCc1ccccc1. The summed E-state index contributed by atoms with van der Waals surface area (Å²) in [6, 6.07) is 10.2. The molecule has 17 heavy (non-hydrogen) atoms. The molecule has 0 bridgehead atoms. The quantitative estimate of drug-likeness (QED) is 0.749. The molecule has 1 aliphatic heterocycles. The number of aryl methyl sites for hydroxylation is 1. The zero-order valence-corrected chi connectivity index (χ0v) is 10.1. The Balaban J connectivity index is 1.95. The first-order valence-electron chi connectivity index (χ1n) is 5.73. The number of ether oxygens (including phenoxy) is 2. The fourth-order valence-electron chi connectivity index (χ4n) is 1.79. The molecule has 0 spiro atoms. The summed E-state index contributed by atoms with van der Waals surface area (Å²) in [7, 11) is 0. The van der Waals surface area contributed by atoms with Crippen LogP contribution in [0.5, 0.6) is 0 Å². The van der Waals surface area contributed by atoms with E-state index in [1.165, 1.54) is 5.56 Å². The molecule has 0 amide bonds. The predicted molar refractivity (Wildman–Crippen MR) is 64.5 cm³/mol. The zero-order valence-electron chi connectivity index (χ0n) is 10.1. The van der Waals surface area contributed by atoms with E-state index < -0.39 is 11.8 Å². The average Bonchev–Trinajstić information content (AvgIpc) is 2.53. The lowest BCUT2D eigenvalue weighted by Crippen LogP contribution is -2.20. The van der Waals surface area contributed by atoms with Crippen LogP contribution in [0.25, 0.3) is 0 Å². The summed E-state index contributed by atoms with van der Waals surface area (Å²) in [4.78, 5) is 11.0. The number of cyclic esters (lactones) is 2. The standard InChI is InChI=1S/C14H16O3/c1-14(2)12(16-13(15)17-14)10-6-9-11-7-4-3-5-8-11/h3-5,7-8,10H,6,9H2,1-2H3/b12-10+. The molecule has 0 aliphatic carbocycles. The van der Waals surface area contributed by atoms with E-state index >= 15 is 0 Å². The molecule has 0 saturated carbocycles. The summed E-state index contributed by atoms with van der Waals surface area (Å²) >= 11 is 0. The summed E-state index contributed by atoms with van der Waals surface area (Å²) in [6.45, 7) is 3.65. The van der Waals surface area contributed by atoms with Gasteiger partial charge in [0.25, 0.3) is 0 Å². The summed E-state index contributed by atoms with van der Waals surface area (Å²) in [5.41, 5.74) is 0.640. The fraction of sp³-hybridized carbons (Fsp3) is 0.357. The second-order valence-electron chi connectivity index (χ2n) is 4.56. The lowest BCUT2D eigenvalue weighted by atomic mass is 10.0. The van der Waals surface area contributed by atoms with Crippen molar-refractivity contribution in [2.24, 2.45) is 0 Å². The first-order chi connectivity index (χ1) is 8.08. The zero-order chi connectivity index (χ0) is 12.3. The molecule has 3 heteroatoms. The molecular weight excluding hydrogens is 216 g/mol. The Bertz CT molecular complexity index is 432. The van der Waals surface area contributed by atoms with Gasteiger partial charge >= 0.3 is 6.16 Å². The van der Waals surface area contributed by atoms with Crippen LogP contribution in [0, 0.1) is 0 Å². The third-order valence-corrected chi connectivity index (χ3v) is 2.73. The van der Waals surface area contributed by atoms with Crippen LogP contribution < -0.4 is 0 Å². The first-order valence-corrected chi connectivity index (χ1v) is 5.73. The molecule has 3 nitrogen and oxygen atoms in total. The van der Waals surface area contributed by atoms with Crippen LogP contribution in [-0.2, 0) is 15.9 Å². The van der Waals surface area contributed by atoms with Crippen molar-refractivity contribution >= 4 is 6.16 Å². The number of carbonyl (C=O) groups excluding carboxylic acids is 1. The van der Waals surface area contributed by atoms with Gasteiger partial charge in [0.05, 0.1) is 0 Å². The van der Waals surface area contributed by atoms with Gasteiger partial charge in [-0.2, -0.15) is 0 Å². The van der Waals surface area contributed by atoms with Gasteiger partial charge in [0, 0.05) is 0 Å². The maximum Gasteiger partial charge on any atom is 0.514 e. The average molecular weight is 232 g/mol. The fourth-order valence-corrected chi connectivity index (χ4v) is 1.79. The van der Waals surface area contributed by atoms with Gasteiger partial charge in [-0.1, -0.05) is 30.3 Å². The monoisotopic (exact) mass is 232 g/mol. The van der Waals surface area contributed by atoms with Crippen LogP contribution in [0.4, 0.5) is 4.79 Å². The van der Waals surface area contributed by atoms with E-state index in [2.05, 4.69) is 12.1 Å². The summed E-state index contributed by atoms with van der Waals surface area (Å²) in [6.07, 6.45) is 3.08. The molecule has 0 unspecified atom stereocenters. The number of hydrogen-bond acceptors (Lipinski definition) is 3. The molecule has 1 heterocycles. The largest absolute Gasteiger partial charge is 0.514 e. The van der Waals surface area contributed by atoms with Crippen LogP contribution in [0.1, 0.15) is 25.8 Å². The van der Waals surface area contributed by atoms with Gasteiger partial charge in [0.1, 0.15) is 0 Å². The van der Waals surface area contributed by atoms with E-state index in [-0.39, 0.29) is 0 Å². The van der Waals surface area contributed by atoms with Crippen molar-refractivity contribution in [3.63, 3.8) is 0 Å². The van der Waals surface area contributed by atoms with Crippen molar-refractivity contribution < 1.29 is 14.3 Å². The van der Waals surface area contributed by atoms with Gasteiger partial charge in [-0.15, -0.1) is 0 Å². The highest BCUT2D eigenvalue weighted by Crippen LogP contribution is 2.30. The van der Waals surface area contributed by atoms with Crippen molar-refractivity contribution in [1.82, 2.24) is 0 Å². The van der Waals surface area contributed by atoms with Gasteiger partial charge in [-0.05, 0) is 38.3 Å². The smallest absolute Gasteiger partial charge is 0.420 e. The third-order valence-electron chi connectivity index (χ3n) is 2.73. The maximum absolute atomic E-state index is 11.0. The minimum Gasteiger partial charge on any atom is -0.420 e. The number of benzene rings is 1. The second kappa shape index (κ2) is 4.62. The van der Waals surface area contributed by atoms with E-state index in [0.717, 1.165) is 12.8 Å². The molecule has 0 radical (unpaired) electrons. The molecule has 0 atom stereocenters. The molecule has 1 aromatic carbocycles. The Labute approximate surface area is 101 Å². The second-order valence-corrected chi connectivity index (χ2v) is 4.56. The molecular formula is C14H16O3. The van der Waals surface area contributed by atoms with Crippen molar-refractivity contribution in [1.29, 1.82) is 0 Å². The van der Waals surface area contributed by atoms with Crippen LogP contribution in [0.3, 0.4) is 0 Å². The van der Waals surface area contributed by atoms with Crippen LogP contribution >= 0.6 is 0 Å². The predicted octanol–water partition coefficient (Wildman–Crippen LogP) is 3.45. The molecule has 0 N–H and O–H groups in total. The van der Waals surface area contributed by atoms with Crippen molar-refractivity contribution in [2.75, 3.05) is 0 Å². The Hall–Kier alpha value is -1.77. The topological polar surface area (TPSA) is 35.5 Å². The molecule has 1 saturated heterocycles. The van der Waals surface area contributed by atoms with E-state index in [9.17, 15) is 4.79 Å². The van der Waals surface area contributed by atoms with Crippen LogP contribution in [0.15, 0.2) is 42.2 Å². The molecule has 1 fully saturated rings. The van der Waals surface area contributed by atoms with Crippen LogP contribution in [-0.4, -0.2) is 11.8 Å². The lowest BCUT2D eigenvalue weighted by Gasteiger charge is -2.13. The molecule has 90 valence electrons. The van der Waals surface area contributed by atoms with Gasteiger partial charge in [-0.25, -0.2) is 4.79 Å². The highest BCUT2D eigenvalue weighted by atomic mass is 16.8. The van der Waals surface area contributed by atoms with Crippen molar-refractivity contribution in [3.8, 4) is 0 Å². The lowest BCUT2D eigenvalue weighted by molar-refractivity contribution is 0.0872. The normalized spacial score (nSPS) is 20.1. The highest BCUT2D eigenvalue weighted by molar-refractivity contribution is 5.66. The van der Waals surface area contributed by atoms with Gasteiger partial charge in [-0.3, -0.25) is 0 Å². The minimum atomic E-state index is -0.631. The van der Waals surface area contributed by atoms with E-state index in [1.54, 1.807) is 0 Å². The minimum absolute atomic E-state index is 0.610. The summed E-state index contributed by atoms with van der Waals surface area (Å²) in [5.74, 6) is 0.610. The van der Waals surface area contributed by atoms with E-state index in [1.807, 2.05) is 38.1 Å².